The van der Waals surface area contributed by atoms with E-state index in [0.29, 0.717) is 5.69 Å². The van der Waals surface area contributed by atoms with Crippen molar-refractivity contribution in [3.8, 4) is 0 Å². The molecule has 1 heterocycles. The fourth-order valence-electron chi connectivity index (χ4n) is 1.00. The fraction of sp³-hybridized carbons (Fsp3) is 0.444. The molecule has 0 bridgehead atoms. The molecule has 1 amide bonds. The molecule has 1 unspecified atom stereocenters. The molecule has 10 heteroatoms. The van der Waals surface area contributed by atoms with Gasteiger partial charge in [0.1, 0.15) is 0 Å². The van der Waals surface area contributed by atoms with Gasteiger partial charge in [-0.25, -0.2) is 9.78 Å². The van der Waals surface area contributed by atoms with Crippen LogP contribution < -0.4 is 11.1 Å². The zero-order valence-corrected chi connectivity index (χ0v) is 10.5. The Kier molecular flexibility index (Phi) is 4.48. The van der Waals surface area contributed by atoms with Gasteiger partial charge < -0.3 is 10.5 Å². The molecule has 0 aliphatic carbocycles. The summed E-state index contributed by atoms with van der Waals surface area (Å²) in [6.45, 7) is 0.861. The zero-order chi connectivity index (χ0) is 14.7. The summed E-state index contributed by atoms with van der Waals surface area (Å²) >= 11 is 1.26. The van der Waals surface area contributed by atoms with E-state index in [2.05, 4.69) is 15.0 Å². The van der Waals surface area contributed by atoms with E-state index in [0.717, 1.165) is 6.92 Å². The monoisotopic (exact) mass is 297 g/mol. The number of alkyl halides is 3. The van der Waals surface area contributed by atoms with Crippen LogP contribution in [0.3, 0.4) is 0 Å². The number of halogens is 3. The molecule has 0 aliphatic rings. The number of aromatic nitrogens is 1. The number of thiazole rings is 1. The summed E-state index contributed by atoms with van der Waals surface area (Å²) in [5.41, 5.74) is 4.64. The van der Waals surface area contributed by atoms with Gasteiger partial charge >= 0.3 is 12.1 Å². The molecular formula is C9H10F3N3O3S. The first-order valence-corrected chi connectivity index (χ1v) is 5.81. The predicted molar refractivity (Wildman–Crippen MR) is 58.7 cm³/mol. The van der Waals surface area contributed by atoms with Crippen LogP contribution in [0.15, 0.2) is 10.9 Å². The summed E-state index contributed by atoms with van der Waals surface area (Å²) in [6.07, 6.45) is -5.21. The van der Waals surface area contributed by atoms with E-state index < -0.39 is 23.8 Å². The van der Waals surface area contributed by atoms with Crippen LogP contribution in [-0.4, -0.2) is 28.8 Å². The Labute approximate surface area is 109 Å². The smallest absolute Gasteiger partial charge is 0.428 e. The minimum atomic E-state index is -5.21. The maximum Gasteiger partial charge on any atom is 0.491 e. The molecule has 3 N–H and O–H groups in total. The first kappa shape index (κ1) is 15.4. The second-order valence-corrected chi connectivity index (χ2v) is 4.34. The Morgan fingerprint density at radius 2 is 2.16 bits per heavy atom. The third-order valence-corrected chi connectivity index (χ3v) is 2.72. The first-order valence-electron chi connectivity index (χ1n) is 4.87. The summed E-state index contributed by atoms with van der Waals surface area (Å²) < 4.78 is 40.4. The number of primary amides is 1. The van der Waals surface area contributed by atoms with Crippen molar-refractivity contribution in [1.29, 1.82) is 0 Å². The van der Waals surface area contributed by atoms with Crippen LogP contribution in [0.2, 0.25) is 0 Å². The summed E-state index contributed by atoms with van der Waals surface area (Å²) in [5, 5.41) is 3.94. The number of nitrogens with two attached hydrogens (primary N) is 1. The van der Waals surface area contributed by atoms with Crippen molar-refractivity contribution in [2.45, 2.75) is 25.4 Å². The lowest BCUT2D eigenvalue weighted by Crippen LogP contribution is -2.57. The molecule has 0 aliphatic heterocycles. The summed E-state index contributed by atoms with van der Waals surface area (Å²) in [5.74, 6) is -3.75. The molecule has 6 nitrogen and oxygen atoms in total. The quantitative estimate of drug-likeness (QED) is 0.611. The molecule has 1 atom stereocenters. The number of hydrogen-bond donors (Lipinski definition) is 2. The van der Waals surface area contributed by atoms with Crippen LogP contribution in [-0.2, 0) is 20.9 Å². The standard InChI is InChI=1S/C9H10F3N3O3S/c1-8(6(13)16,18-7(17)9(10,11)12)15-2-5-3-19-4-14-5/h3-4,15H,2H2,1H3,(H2,13,16). The van der Waals surface area contributed by atoms with Gasteiger partial charge in [-0.15, -0.1) is 11.3 Å². The number of nitrogens with one attached hydrogen (secondary N) is 1. The SMILES string of the molecule is CC(NCc1cscn1)(OC(=O)C(F)(F)F)C(N)=O. The van der Waals surface area contributed by atoms with Crippen molar-refractivity contribution in [3.05, 3.63) is 16.6 Å². The maximum absolute atomic E-state index is 12.1. The summed E-state index contributed by atoms with van der Waals surface area (Å²) in [7, 11) is 0. The molecular weight excluding hydrogens is 287 g/mol. The number of rotatable bonds is 5. The van der Waals surface area contributed by atoms with Crippen molar-refractivity contribution in [3.63, 3.8) is 0 Å². The van der Waals surface area contributed by atoms with Gasteiger partial charge in [0.05, 0.1) is 11.2 Å². The van der Waals surface area contributed by atoms with Crippen molar-refractivity contribution in [1.82, 2.24) is 10.3 Å². The topological polar surface area (TPSA) is 94.3 Å². The Bertz CT molecular complexity index is 463. The van der Waals surface area contributed by atoms with E-state index in [9.17, 15) is 22.8 Å². The molecule has 1 rings (SSSR count). The second-order valence-electron chi connectivity index (χ2n) is 3.62. The van der Waals surface area contributed by atoms with Gasteiger partial charge in [0, 0.05) is 11.9 Å². The Morgan fingerprint density at radius 3 is 2.58 bits per heavy atom. The van der Waals surface area contributed by atoms with E-state index in [4.69, 9.17) is 5.73 Å². The molecule has 0 fully saturated rings. The van der Waals surface area contributed by atoms with Crippen LogP contribution in [0.25, 0.3) is 0 Å². The molecule has 0 saturated heterocycles. The Morgan fingerprint density at radius 1 is 1.53 bits per heavy atom. The highest BCUT2D eigenvalue weighted by Crippen LogP contribution is 2.20. The lowest BCUT2D eigenvalue weighted by molar-refractivity contribution is -0.215. The summed E-state index contributed by atoms with van der Waals surface area (Å²) in [6, 6.07) is 0. The van der Waals surface area contributed by atoms with Gasteiger partial charge in [0.15, 0.2) is 0 Å². The molecule has 0 saturated carbocycles. The lowest BCUT2D eigenvalue weighted by atomic mass is 10.2. The van der Waals surface area contributed by atoms with Crippen LogP contribution in [0.1, 0.15) is 12.6 Å². The molecule has 0 radical (unpaired) electrons. The molecule has 0 spiro atoms. The molecule has 1 aromatic heterocycles. The van der Waals surface area contributed by atoms with Crippen molar-refractivity contribution in [2.75, 3.05) is 0 Å². The number of carbonyl (C=O) groups excluding carboxylic acids is 2. The van der Waals surface area contributed by atoms with E-state index in [1.165, 1.54) is 16.8 Å². The van der Waals surface area contributed by atoms with E-state index in [1.807, 2.05) is 0 Å². The average molecular weight is 297 g/mol. The number of esters is 1. The highest BCUT2D eigenvalue weighted by molar-refractivity contribution is 7.07. The van der Waals surface area contributed by atoms with E-state index >= 15 is 0 Å². The van der Waals surface area contributed by atoms with Crippen LogP contribution in [0.5, 0.6) is 0 Å². The van der Waals surface area contributed by atoms with Crippen molar-refractivity contribution < 1.29 is 27.5 Å². The van der Waals surface area contributed by atoms with Gasteiger partial charge in [0.25, 0.3) is 5.91 Å². The van der Waals surface area contributed by atoms with Gasteiger partial charge in [-0.05, 0) is 6.92 Å². The Balaban J connectivity index is 2.74. The zero-order valence-electron chi connectivity index (χ0n) is 9.65. The normalized spacial score (nSPS) is 14.7. The molecule has 19 heavy (non-hydrogen) atoms. The Hall–Kier alpha value is -1.68. The van der Waals surface area contributed by atoms with Crippen LogP contribution in [0, 0.1) is 0 Å². The van der Waals surface area contributed by atoms with Gasteiger partial charge in [-0.3, -0.25) is 10.1 Å². The van der Waals surface area contributed by atoms with E-state index in [-0.39, 0.29) is 6.54 Å². The number of carbonyl (C=O) groups is 2. The van der Waals surface area contributed by atoms with Crippen molar-refractivity contribution in [2.24, 2.45) is 5.73 Å². The van der Waals surface area contributed by atoms with Crippen LogP contribution >= 0.6 is 11.3 Å². The number of hydrogen-bond acceptors (Lipinski definition) is 6. The number of nitrogens with zero attached hydrogens (tertiary/aromatic N) is 1. The first-order chi connectivity index (χ1) is 8.65. The fourth-order valence-corrected chi connectivity index (χ4v) is 1.56. The second kappa shape index (κ2) is 5.53. The third-order valence-electron chi connectivity index (χ3n) is 2.09. The predicted octanol–water partition coefficient (Wildman–Crippen LogP) is 0.540. The minimum absolute atomic E-state index is 0.0753. The van der Waals surface area contributed by atoms with Gasteiger partial charge in [0.2, 0.25) is 5.72 Å². The summed E-state index contributed by atoms with van der Waals surface area (Å²) in [4.78, 5) is 25.7. The van der Waals surface area contributed by atoms with Crippen LogP contribution in [0.4, 0.5) is 13.2 Å². The third kappa shape index (κ3) is 4.17. The largest absolute Gasteiger partial charge is 0.491 e. The average Bonchev–Trinajstić information content (AvgIpc) is 2.77. The van der Waals surface area contributed by atoms with E-state index in [1.54, 1.807) is 5.38 Å². The highest BCUT2D eigenvalue weighted by atomic mass is 32.1. The molecule has 1 aromatic rings. The number of amides is 1. The molecule has 106 valence electrons. The maximum atomic E-state index is 12.1. The van der Waals surface area contributed by atoms with Crippen molar-refractivity contribution >= 4 is 23.2 Å². The highest BCUT2D eigenvalue weighted by Gasteiger charge is 2.47. The lowest BCUT2D eigenvalue weighted by Gasteiger charge is -2.27. The minimum Gasteiger partial charge on any atom is -0.428 e. The molecule has 0 aromatic carbocycles. The number of ether oxygens (including phenoxy) is 1. The van der Waals surface area contributed by atoms with Gasteiger partial charge in [-0.2, -0.15) is 13.2 Å². The van der Waals surface area contributed by atoms with Gasteiger partial charge in [-0.1, -0.05) is 0 Å².